The zero-order valence-corrected chi connectivity index (χ0v) is 10.5. The summed E-state index contributed by atoms with van der Waals surface area (Å²) in [7, 11) is 1.46. The molecule has 18 heavy (non-hydrogen) atoms. The first-order valence-electron chi connectivity index (χ1n) is 5.34. The molecule has 1 heterocycles. The number of benzene rings is 1. The minimum absolute atomic E-state index is 0.245. The Morgan fingerprint density at radius 3 is 2.94 bits per heavy atom. The molecule has 96 valence electrons. The lowest BCUT2D eigenvalue weighted by molar-refractivity contribution is 0.0997. The van der Waals surface area contributed by atoms with E-state index in [2.05, 4.69) is 15.6 Å². The molecule has 1 amide bonds. The highest BCUT2D eigenvalue weighted by Crippen LogP contribution is 2.30. The maximum absolute atomic E-state index is 11.2. The van der Waals surface area contributed by atoms with E-state index in [0.717, 1.165) is 13.1 Å². The van der Waals surface area contributed by atoms with E-state index in [1.807, 2.05) is 0 Å². The molecule has 0 saturated carbocycles. The van der Waals surface area contributed by atoms with Crippen molar-refractivity contribution >= 4 is 29.2 Å². The smallest absolute Gasteiger partial charge is 0.252 e. The number of carbonyl (C=O) groups excluding carboxylic acids is 1. The molecule has 6 nitrogen and oxygen atoms in total. The molecule has 0 fully saturated rings. The van der Waals surface area contributed by atoms with E-state index in [1.165, 1.54) is 13.2 Å². The van der Waals surface area contributed by atoms with Gasteiger partial charge in [0.1, 0.15) is 5.75 Å². The number of hydrogen-bond donors (Lipinski definition) is 3. The quantitative estimate of drug-likeness (QED) is 0.757. The predicted molar refractivity (Wildman–Crippen MR) is 70.4 cm³/mol. The molecule has 0 atom stereocenters. The van der Waals surface area contributed by atoms with Gasteiger partial charge in [0.2, 0.25) is 0 Å². The normalized spacial score (nSPS) is 13.8. The van der Waals surface area contributed by atoms with Crippen LogP contribution in [-0.4, -0.2) is 32.1 Å². The number of halogens is 1. The van der Waals surface area contributed by atoms with E-state index in [-0.39, 0.29) is 5.56 Å². The van der Waals surface area contributed by atoms with Gasteiger partial charge in [-0.25, -0.2) is 0 Å². The van der Waals surface area contributed by atoms with Gasteiger partial charge in [-0.3, -0.25) is 9.79 Å². The van der Waals surface area contributed by atoms with Crippen LogP contribution >= 0.6 is 11.6 Å². The summed E-state index contributed by atoms with van der Waals surface area (Å²) < 4.78 is 5.11. The lowest BCUT2D eigenvalue weighted by Crippen LogP contribution is -2.26. The highest BCUT2D eigenvalue weighted by Gasteiger charge is 2.15. The second-order valence-electron chi connectivity index (χ2n) is 3.68. The summed E-state index contributed by atoms with van der Waals surface area (Å²) in [4.78, 5) is 15.4. The Kier molecular flexibility index (Phi) is 3.57. The summed E-state index contributed by atoms with van der Waals surface area (Å²) in [5.41, 5.74) is 6.09. The molecule has 1 aliphatic heterocycles. The SMILES string of the molecule is COc1cc(NC2=NCCN2)c(Cl)cc1C(N)=O. The van der Waals surface area contributed by atoms with Gasteiger partial charge >= 0.3 is 0 Å². The van der Waals surface area contributed by atoms with E-state index in [1.54, 1.807) is 6.07 Å². The van der Waals surface area contributed by atoms with Gasteiger partial charge in [-0.1, -0.05) is 11.6 Å². The van der Waals surface area contributed by atoms with Crippen LogP contribution in [0.4, 0.5) is 5.69 Å². The molecule has 2 rings (SSSR count). The van der Waals surface area contributed by atoms with Crippen LogP contribution in [0.1, 0.15) is 10.4 Å². The number of carbonyl (C=O) groups is 1. The summed E-state index contributed by atoms with van der Waals surface area (Å²) in [5, 5.41) is 6.46. The third kappa shape index (κ3) is 2.48. The van der Waals surface area contributed by atoms with E-state index < -0.39 is 5.91 Å². The molecule has 1 aliphatic rings. The van der Waals surface area contributed by atoms with Crippen molar-refractivity contribution in [3.8, 4) is 5.75 Å². The number of hydrogen-bond acceptors (Lipinski definition) is 5. The molecular formula is C11H13ClN4O2. The predicted octanol–water partition coefficient (Wildman–Crippen LogP) is 0.819. The standard InChI is InChI=1S/C11H13ClN4O2/c1-18-9-5-8(16-11-14-2-3-15-11)7(12)4-6(9)10(13)17/h4-5H,2-3H2,1H3,(H2,13,17)(H2,14,15,16). The third-order valence-electron chi connectivity index (χ3n) is 2.48. The first-order valence-corrected chi connectivity index (χ1v) is 5.72. The van der Waals surface area contributed by atoms with Crippen molar-refractivity contribution in [3.63, 3.8) is 0 Å². The molecule has 1 aromatic carbocycles. The van der Waals surface area contributed by atoms with Crippen molar-refractivity contribution in [2.75, 3.05) is 25.5 Å². The molecular weight excluding hydrogens is 256 g/mol. The largest absolute Gasteiger partial charge is 0.496 e. The average Bonchev–Trinajstić information content (AvgIpc) is 2.83. The number of nitrogens with zero attached hydrogens (tertiary/aromatic N) is 1. The Morgan fingerprint density at radius 1 is 1.61 bits per heavy atom. The number of primary amides is 1. The zero-order valence-electron chi connectivity index (χ0n) is 9.79. The van der Waals surface area contributed by atoms with Crippen LogP contribution in [0.5, 0.6) is 5.75 Å². The van der Waals surface area contributed by atoms with E-state index in [9.17, 15) is 4.79 Å². The molecule has 7 heteroatoms. The minimum Gasteiger partial charge on any atom is -0.496 e. The van der Waals surface area contributed by atoms with Crippen molar-refractivity contribution < 1.29 is 9.53 Å². The molecule has 0 unspecified atom stereocenters. The van der Waals surface area contributed by atoms with Gasteiger partial charge < -0.3 is 21.1 Å². The van der Waals surface area contributed by atoms with Gasteiger partial charge in [0.25, 0.3) is 5.91 Å². The Labute approximate surface area is 109 Å². The molecule has 0 radical (unpaired) electrons. The van der Waals surface area contributed by atoms with Crippen molar-refractivity contribution in [3.05, 3.63) is 22.7 Å². The van der Waals surface area contributed by atoms with Gasteiger partial charge in [-0.15, -0.1) is 0 Å². The first kappa shape index (κ1) is 12.5. The molecule has 0 saturated heterocycles. The number of nitrogens with one attached hydrogen (secondary N) is 2. The maximum atomic E-state index is 11.2. The van der Waals surface area contributed by atoms with E-state index in [4.69, 9.17) is 22.1 Å². The number of rotatable bonds is 3. The van der Waals surface area contributed by atoms with Crippen molar-refractivity contribution in [2.45, 2.75) is 0 Å². The molecule has 0 aliphatic carbocycles. The average molecular weight is 269 g/mol. The van der Waals surface area contributed by atoms with Gasteiger partial charge in [0, 0.05) is 12.6 Å². The highest BCUT2D eigenvalue weighted by atomic mass is 35.5. The minimum atomic E-state index is -0.586. The fourth-order valence-corrected chi connectivity index (χ4v) is 1.83. The van der Waals surface area contributed by atoms with Crippen LogP contribution in [-0.2, 0) is 0 Å². The summed E-state index contributed by atoms with van der Waals surface area (Å²) >= 11 is 6.07. The summed E-state index contributed by atoms with van der Waals surface area (Å²) in [6, 6.07) is 3.09. The van der Waals surface area contributed by atoms with Gasteiger partial charge in [-0.2, -0.15) is 0 Å². The van der Waals surface area contributed by atoms with Crippen molar-refractivity contribution in [1.29, 1.82) is 0 Å². The Balaban J connectivity index is 2.33. The fourth-order valence-electron chi connectivity index (χ4n) is 1.62. The summed E-state index contributed by atoms with van der Waals surface area (Å²) in [6.07, 6.45) is 0. The monoisotopic (exact) mass is 268 g/mol. The van der Waals surface area contributed by atoms with Crippen LogP contribution in [0.25, 0.3) is 0 Å². The van der Waals surface area contributed by atoms with Crippen LogP contribution in [0.15, 0.2) is 17.1 Å². The number of methoxy groups -OCH3 is 1. The van der Waals surface area contributed by atoms with Crippen LogP contribution in [0.3, 0.4) is 0 Å². The number of amides is 1. The molecule has 1 aromatic rings. The van der Waals surface area contributed by atoms with Crippen LogP contribution < -0.4 is 21.1 Å². The summed E-state index contributed by atoms with van der Waals surface area (Å²) in [5.74, 6) is 0.426. The van der Waals surface area contributed by atoms with E-state index in [0.29, 0.717) is 22.4 Å². The topological polar surface area (TPSA) is 88.7 Å². The number of ether oxygens (including phenoxy) is 1. The molecule has 0 bridgehead atoms. The molecule has 0 spiro atoms. The lowest BCUT2D eigenvalue weighted by atomic mass is 10.1. The van der Waals surface area contributed by atoms with Crippen LogP contribution in [0, 0.1) is 0 Å². The zero-order chi connectivity index (χ0) is 13.1. The van der Waals surface area contributed by atoms with Gasteiger partial charge in [0.15, 0.2) is 5.96 Å². The molecule has 4 N–H and O–H groups in total. The number of nitrogens with two attached hydrogens (primary N) is 1. The number of aliphatic imine (C=N–C) groups is 1. The maximum Gasteiger partial charge on any atom is 0.252 e. The number of anilines is 1. The van der Waals surface area contributed by atoms with Gasteiger partial charge in [0.05, 0.1) is 29.9 Å². The Morgan fingerprint density at radius 2 is 2.39 bits per heavy atom. The second kappa shape index (κ2) is 5.14. The summed E-state index contributed by atoms with van der Waals surface area (Å²) in [6.45, 7) is 1.51. The lowest BCUT2D eigenvalue weighted by Gasteiger charge is -2.12. The van der Waals surface area contributed by atoms with Crippen molar-refractivity contribution in [2.24, 2.45) is 10.7 Å². The van der Waals surface area contributed by atoms with Gasteiger partial charge in [-0.05, 0) is 6.07 Å². The van der Waals surface area contributed by atoms with Crippen molar-refractivity contribution in [1.82, 2.24) is 5.32 Å². The van der Waals surface area contributed by atoms with Crippen LogP contribution in [0.2, 0.25) is 5.02 Å². The van der Waals surface area contributed by atoms with E-state index >= 15 is 0 Å². The molecule has 0 aromatic heterocycles. The highest BCUT2D eigenvalue weighted by molar-refractivity contribution is 6.34. The number of guanidine groups is 1. The first-order chi connectivity index (χ1) is 8.61. The Bertz CT molecular complexity index is 516. The Hall–Kier alpha value is -1.95. The fraction of sp³-hybridized carbons (Fsp3) is 0.273. The third-order valence-corrected chi connectivity index (χ3v) is 2.79. The second-order valence-corrected chi connectivity index (χ2v) is 4.09.